The van der Waals surface area contributed by atoms with Crippen LogP contribution >= 0.6 is 0 Å². The predicted molar refractivity (Wildman–Crippen MR) is 108 cm³/mol. The van der Waals surface area contributed by atoms with Crippen molar-refractivity contribution in [1.29, 1.82) is 0 Å². The Balaban J connectivity index is 1.63. The first-order valence-corrected chi connectivity index (χ1v) is 8.90. The van der Waals surface area contributed by atoms with Gasteiger partial charge in [0.25, 0.3) is 5.91 Å². The van der Waals surface area contributed by atoms with E-state index in [2.05, 4.69) is 11.4 Å². The average molecular weight is 365 g/mol. The number of fused-ring (bicyclic) bond motifs is 1. The van der Waals surface area contributed by atoms with Gasteiger partial charge in [-0.1, -0.05) is 36.4 Å². The molecule has 5 heteroatoms. The van der Waals surface area contributed by atoms with Crippen LogP contribution in [0.15, 0.2) is 60.7 Å². The number of likely N-dealkylation sites (N-methyl/N-ethyl adjacent to an activating group) is 1. The molecule has 1 atom stereocenters. The molecule has 1 amide bonds. The van der Waals surface area contributed by atoms with Crippen molar-refractivity contribution in [3.8, 4) is 11.5 Å². The molecule has 0 radical (unpaired) electrons. The summed E-state index contributed by atoms with van der Waals surface area (Å²) in [6, 6.07) is 19.8. The van der Waals surface area contributed by atoms with Gasteiger partial charge in [-0.25, -0.2) is 0 Å². The molecule has 3 rings (SSSR count). The molecule has 0 saturated heterocycles. The summed E-state index contributed by atoms with van der Waals surface area (Å²) in [6.45, 7) is 1.01. The van der Waals surface area contributed by atoms with E-state index in [0.717, 1.165) is 26.9 Å². The Labute approximate surface area is 159 Å². The summed E-state index contributed by atoms with van der Waals surface area (Å²) in [5.41, 5.74) is 1.82. The first-order chi connectivity index (χ1) is 13.1. The lowest BCUT2D eigenvalue weighted by Crippen LogP contribution is -3.08. The van der Waals surface area contributed by atoms with E-state index in [1.165, 1.54) is 0 Å². The summed E-state index contributed by atoms with van der Waals surface area (Å²) in [6.07, 6.45) is 0. The molecule has 0 heterocycles. The summed E-state index contributed by atoms with van der Waals surface area (Å²) in [7, 11) is 5.23. The van der Waals surface area contributed by atoms with Crippen LogP contribution in [0, 0.1) is 0 Å². The number of carbonyl (C=O) groups is 1. The van der Waals surface area contributed by atoms with Crippen LogP contribution in [0.1, 0.15) is 5.56 Å². The molecule has 3 aromatic rings. The van der Waals surface area contributed by atoms with Crippen LogP contribution in [-0.4, -0.2) is 33.7 Å². The molecule has 0 aliphatic heterocycles. The molecule has 0 fully saturated rings. The minimum atomic E-state index is -0.0235. The Morgan fingerprint density at radius 1 is 0.963 bits per heavy atom. The highest BCUT2D eigenvalue weighted by Gasteiger charge is 2.16. The summed E-state index contributed by atoms with van der Waals surface area (Å²) in [5.74, 6) is 1.39. The van der Waals surface area contributed by atoms with E-state index < -0.39 is 0 Å². The Kier molecular flexibility index (Phi) is 5.94. The molecule has 0 aromatic heterocycles. The van der Waals surface area contributed by atoms with Crippen LogP contribution < -0.4 is 19.7 Å². The number of ether oxygens (including phenoxy) is 2. The van der Waals surface area contributed by atoms with Crippen LogP contribution in [0.2, 0.25) is 0 Å². The third kappa shape index (κ3) is 4.57. The quantitative estimate of drug-likeness (QED) is 0.676. The van der Waals surface area contributed by atoms with Gasteiger partial charge in [-0.05, 0) is 35.0 Å². The number of anilines is 1. The molecular weight excluding hydrogens is 340 g/mol. The number of hydrogen-bond donors (Lipinski definition) is 2. The maximum absolute atomic E-state index is 12.4. The van der Waals surface area contributed by atoms with Crippen LogP contribution in [0.5, 0.6) is 11.5 Å². The van der Waals surface area contributed by atoms with E-state index >= 15 is 0 Å². The molecule has 5 nitrogen and oxygen atoms in total. The number of methoxy groups -OCH3 is 2. The lowest BCUT2D eigenvalue weighted by Gasteiger charge is -2.17. The van der Waals surface area contributed by atoms with Gasteiger partial charge in [-0.15, -0.1) is 0 Å². The maximum Gasteiger partial charge on any atom is 0.279 e. The normalized spacial score (nSPS) is 11.8. The number of rotatable bonds is 7. The third-order valence-corrected chi connectivity index (χ3v) is 4.47. The summed E-state index contributed by atoms with van der Waals surface area (Å²) >= 11 is 0. The molecule has 3 aromatic carbocycles. The number of carbonyl (C=O) groups excluding carboxylic acids is 1. The monoisotopic (exact) mass is 365 g/mol. The summed E-state index contributed by atoms with van der Waals surface area (Å²) < 4.78 is 10.8. The van der Waals surface area contributed by atoms with Gasteiger partial charge in [-0.2, -0.15) is 0 Å². The van der Waals surface area contributed by atoms with Gasteiger partial charge in [0.2, 0.25) is 0 Å². The average Bonchev–Trinajstić information content (AvgIpc) is 2.67. The molecule has 140 valence electrons. The van der Waals surface area contributed by atoms with Gasteiger partial charge in [0, 0.05) is 5.69 Å². The maximum atomic E-state index is 12.4. The molecule has 0 saturated carbocycles. The van der Waals surface area contributed by atoms with Crippen LogP contribution in [0.3, 0.4) is 0 Å². The van der Waals surface area contributed by atoms with Crippen molar-refractivity contribution >= 4 is 22.4 Å². The highest BCUT2D eigenvalue weighted by Crippen LogP contribution is 2.30. The Bertz CT molecular complexity index is 940. The number of benzene rings is 3. The van der Waals surface area contributed by atoms with Gasteiger partial charge in [0.1, 0.15) is 6.54 Å². The molecule has 2 N–H and O–H groups in total. The molecule has 0 bridgehead atoms. The van der Waals surface area contributed by atoms with E-state index in [9.17, 15) is 4.79 Å². The second-order valence-corrected chi connectivity index (χ2v) is 6.57. The fourth-order valence-electron chi connectivity index (χ4n) is 3.23. The standard InChI is InChI=1S/C22H24N2O3/c1-24(14-18-9-6-10-20(26-2)22(18)27-3)15-21(25)23-19-12-11-16-7-4-5-8-17(16)13-19/h4-13H,14-15H2,1-3H3,(H,23,25)/p+1. The number of quaternary nitrogens is 1. The number of para-hydroxylation sites is 1. The molecule has 0 aliphatic rings. The lowest BCUT2D eigenvalue weighted by molar-refractivity contribution is -0.885. The predicted octanol–water partition coefficient (Wildman–Crippen LogP) is 2.51. The van der Waals surface area contributed by atoms with Gasteiger partial charge in [-0.3, -0.25) is 4.79 Å². The van der Waals surface area contributed by atoms with Crippen molar-refractivity contribution in [3.63, 3.8) is 0 Å². The molecule has 1 unspecified atom stereocenters. The second kappa shape index (κ2) is 8.56. The Morgan fingerprint density at radius 2 is 1.74 bits per heavy atom. The molecular formula is C22H25N2O3+. The summed E-state index contributed by atoms with van der Waals surface area (Å²) in [4.78, 5) is 13.5. The Morgan fingerprint density at radius 3 is 2.48 bits per heavy atom. The summed E-state index contributed by atoms with van der Waals surface area (Å²) in [5, 5.41) is 5.25. The van der Waals surface area contributed by atoms with Crippen molar-refractivity contribution in [2.75, 3.05) is 33.1 Å². The van der Waals surface area contributed by atoms with Gasteiger partial charge in [0.15, 0.2) is 18.0 Å². The first-order valence-electron chi connectivity index (χ1n) is 8.90. The number of nitrogens with one attached hydrogen (secondary N) is 2. The van der Waals surface area contributed by atoms with E-state index in [-0.39, 0.29) is 5.91 Å². The number of hydrogen-bond acceptors (Lipinski definition) is 3. The van der Waals surface area contributed by atoms with E-state index in [4.69, 9.17) is 9.47 Å². The minimum absolute atomic E-state index is 0.0235. The van der Waals surface area contributed by atoms with Crippen molar-refractivity contribution in [3.05, 3.63) is 66.2 Å². The van der Waals surface area contributed by atoms with Crippen LogP contribution in [0.25, 0.3) is 10.8 Å². The van der Waals surface area contributed by atoms with Crippen molar-refractivity contribution < 1.29 is 19.2 Å². The first kappa shape index (κ1) is 18.7. The molecule has 27 heavy (non-hydrogen) atoms. The van der Waals surface area contributed by atoms with Crippen LogP contribution in [0.4, 0.5) is 5.69 Å². The highest BCUT2D eigenvalue weighted by molar-refractivity contribution is 5.94. The molecule has 0 spiro atoms. The Hall–Kier alpha value is -3.05. The van der Waals surface area contributed by atoms with Gasteiger partial charge >= 0.3 is 0 Å². The fourth-order valence-corrected chi connectivity index (χ4v) is 3.23. The fraction of sp³-hybridized carbons (Fsp3) is 0.227. The SMILES string of the molecule is COc1cccc(C[NH+](C)CC(=O)Nc2ccc3ccccc3c2)c1OC. The molecule has 0 aliphatic carbocycles. The zero-order valence-corrected chi connectivity index (χ0v) is 15.9. The zero-order valence-electron chi connectivity index (χ0n) is 15.9. The van der Waals surface area contributed by atoms with Crippen molar-refractivity contribution in [2.45, 2.75) is 6.54 Å². The second-order valence-electron chi connectivity index (χ2n) is 6.57. The van der Waals surface area contributed by atoms with E-state index in [1.54, 1.807) is 14.2 Å². The topological polar surface area (TPSA) is 52.0 Å². The van der Waals surface area contributed by atoms with Gasteiger partial charge < -0.3 is 19.7 Å². The smallest absolute Gasteiger partial charge is 0.279 e. The van der Waals surface area contributed by atoms with Crippen LogP contribution in [-0.2, 0) is 11.3 Å². The largest absolute Gasteiger partial charge is 0.493 e. The van der Waals surface area contributed by atoms with Crippen molar-refractivity contribution in [2.24, 2.45) is 0 Å². The van der Waals surface area contributed by atoms with Gasteiger partial charge in [0.05, 0.1) is 26.8 Å². The van der Waals surface area contributed by atoms with E-state index in [0.29, 0.717) is 24.6 Å². The third-order valence-electron chi connectivity index (χ3n) is 4.47. The van der Waals surface area contributed by atoms with Crippen molar-refractivity contribution in [1.82, 2.24) is 0 Å². The minimum Gasteiger partial charge on any atom is -0.493 e. The lowest BCUT2D eigenvalue weighted by atomic mass is 10.1. The van der Waals surface area contributed by atoms with E-state index in [1.807, 2.05) is 61.6 Å². The number of amides is 1. The highest BCUT2D eigenvalue weighted by atomic mass is 16.5. The zero-order chi connectivity index (χ0) is 19.2.